The number of carbonyl (C=O) groups excluding carboxylic acids is 3. The van der Waals surface area contributed by atoms with E-state index in [0.717, 1.165) is 61.9 Å². The van der Waals surface area contributed by atoms with Gasteiger partial charge in [0.15, 0.2) is 0 Å². The molecule has 0 bridgehead atoms. The molecular formula is C35H48N4O5. The van der Waals surface area contributed by atoms with Gasteiger partial charge in [0.25, 0.3) is 5.91 Å². The molecule has 2 saturated heterocycles. The Hall–Kier alpha value is -3.43. The van der Waals surface area contributed by atoms with Gasteiger partial charge in [0.1, 0.15) is 23.1 Å². The number of piperazine rings is 1. The number of benzene rings is 2. The monoisotopic (exact) mass is 604 g/mol. The molecule has 2 atom stereocenters. The predicted molar refractivity (Wildman–Crippen MR) is 169 cm³/mol. The number of aryl methyl sites for hydroxylation is 1. The molecule has 3 aliphatic rings. The minimum Gasteiger partial charge on any atom is -0.457 e. The highest BCUT2D eigenvalue weighted by molar-refractivity contribution is 6.00. The molecule has 1 saturated carbocycles. The zero-order chi connectivity index (χ0) is 31.3. The van der Waals surface area contributed by atoms with Gasteiger partial charge in [-0.1, -0.05) is 44.7 Å². The third kappa shape index (κ3) is 6.79. The van der Waals surface area contributed by atoms with E-state index in [-0.39, 0.29) is 23.6 Å². The summed E-state index contributed by atoms with van der Waals surface area (Å²) in [6.45, 7) is 6.71. The van der Waals surface area contributed by atoms with E-state index in [1.54, 1.807) is 13.1 Å². The first-order valence-corrected chi connectivity index (χ1v) is 16.4. The minimum absolute atomic E-state index is 0.0669. The van der Waals surface area contributed by atoms with Crippen molar-refractivity contribution in [2.24, 2.45) is 5.92 Å². The number of rotatable bonds is 10. The summed E-state index contributed by atoms with van der Waals surface area (Å²) in [6.07, 6.45) is 7.23. The molecule has 0 unspecified atom stereocenters. The first-order valence-electron chi connectivity index (χ1n) is 16.4. The lowest BCUT2D eigenvalue weighted by molar-refractivity contribution is -0.166. The quantitative estimate of drug-likeness (QED) is 0.367. The Labute approximate surface area is 261 Å². The molecule has 1 spiro atoms. The van der Waals surface area contributed by atoms with Crippen molar-refractivity contribution in [2.45, 2.75) is 95.9 Å². The van der Waals surface area contributed by atoms with Gasteiger partial charge in [-0.05, 0) is 86.4 Å². The van der Waals surface area contributed by atoms with Crippen LogP contribution in [0.5, 0.6) is 11.5 Å². The van der Waals surface area contributed by atoms with Crippen molar-refractivity contribution in [1.29, 1.82) is 0 Å². The van der Waals surface area contributed by atoms with Crippen LogP contribution in [-0.2, 0) is 16.1 Å². The van der Waals surface area contributed by atoms with Gasteiger partial charge in [-0.3, -0.25) is 19.3 Å². The van der Waals surface area contributed by atoms with Crippen LogP contribution in [0.2, 0.25) is 0 Å². The van der Waals surface area contributed by atoms with Gasteiger partial charge in [0, 0.05) is 38.8 Å². The second-order valence-corrected chi connectivity index (χ2v) is 12.8. The van der Waals surface area contributed by atoms with Crippen LogP contribution in [0.1, 0.15) is 86.2 Å². The topological polar surface area (TPSA) is 111 Å². The molecule has 2 heterocycles. The van der Waals surface area contributed by atoms with E-state index in [9.17, 15) is 19.5 Å². The number of carbonyl (C=O) groups is 3. The normalized spacial score (nSPS) is 21.6. The number of ether oxygens (including phenoxy) is 1. The molecular weight excluding hydrogens is 556 g/mol. The van der Waals surface area contributed by atoms with E-state index in [1.807, 2.05) is 36.1 Å². The SMILES string of the molecule is CCCCN1C(=O)[C@@H]([C@H](O)C2CCCCC2)NC(=O)C12CCN(Cc1ccc(Oc3ccc(C(=O)NC)cc3C)cc1)CC2. The highest BCUT2D eigenvalue weighted by atomic mass is 16.5. The van der Waals surface area contributed by atoms with Crippen LogP contribution < -0.4 is 15.4 Å². The molecule has 3 N–H and O–H groups in total. The average molecular weight is 605 g/mol. The Morgan fingerprint density at radius 3 is 2.43 bits per heavy atom. The van der Waals surface area contributed by atoms with Crippen molar-refractivity contribution >= 4 is 17.7 Å². The fraction of sp³-hybridized carbons (Fsp3) is 0.571. The first kappa shape index (κ1) is 32.0. The Kier molecular flexibility index (Phi) is 10.3. The Balaban J connectivity index is 1.20. The molecule has 0 radical (unpaired) electrons. The number of likely N-dealkylation sites (tertiary alicyclic amines) is 1. The first-order chi connectivity index (χ1) is 21.3. The maximum atomic E-state index is 13.9. The average Bonchev–Trinajstić information content (AvgIpc) is 3.05. The van der Waals surface area contributed by atoms with E-state index in [4.69, 9.17) is 4.74 Å². The van der Waals surface area contributed by atoms with Gasteiger partial charge in [-0.2, -0.15) is 0 Å². The Morgan fingerprint density at radius 1 is 1.09 bits per heavy atom. The van der Waals surface area contributed by atoms with Crippen molar-refractivity contribution < 1.29 is 24.2 Å². The summed E-state index contributed by atoms with van der Waals surface area (Å²) in [7, 11) is 1.61. The highest BCUT2D eigenvalue weighted by Gasteiger charge is 2.55. The lowest BCUT2D eigenvalue weighted by Crippen LogP contribution is -2.75. The van der Waals surface area contributed by atoms with E-state index in [0.29, 0.717) is 43.8 Å². The number of nitrogens with one attached hydrogen (secondary N) is 2. The fourth-order valence-electron chi connectivity index (χ4n) is 7.13. The molecule has 2 aliphatic heterocycles. The second kappa shape index (κ2) is 14.1. The number of aliphatic hydroxyl groups is 1. The van der Waals surface area contributed by atoms with Crippen LogP contribution in [0.3, 0.4) is 0 Å². The number of hydrogen-bond donors (Lipinski definition) is 3. The Morgan fingerprint density at radius 2 is 1.80 bits per heavy atom. The summed E-state index contributed by atoms with van der Waals surface area (Å²) >= 11 is 0. The molecule has 9 nitrogen and oxygen atoms in total. The van der Waals surface area contributed by atoms with Crippen molar-refractivity contribution in [3.05, 3.63) is 59.2 Å². The van der Waals surface area contributed by atoms with Crippen LogP contribution in [0.4, 0.5) is 0 Å². The molecule has 3 amide bonds. The maximum Gasteiger partial charge on any atom is 0.251 e. The van der Waals surface area contributed by atoms with Crippen LogP contribution in [0.15, 0.2) is 42.5 Å². The van der Waals surface area contributed by atoms with E-state index in [2.05, 4.69) is 34.6 Å². The highest BCUT2D eigenvalue weighted by Crippen LogP contribution is 2.36. The molecule has 238 valence electrons. The lowest BCUT2D eigenvalue weighted by Gasteiger charge is -2.52. The van der Waals surface area contributed by atoms with Crippen LogP contribution in [0.25, 0.3) is 0 Å². The van der Waals surface area contributed by atoms with Crippen LogP contribution >= 0.6 is 0 Å². The van der Waals surface area contributed by atoms with Crippen LogP contribution in [0, 0.1) is 12.8 Å². The number of aliphatic hydroxyl groups excluding tert-OH is 1. The van der Waals surface area contributed by atoms with Crippen molar-refractivity contribution in [3.63, 3.8) is 0 Å². The van der Waals surface area contributed by atoms with Crippen molar-refractivity contribution in [2.75, 3.05) is 26.7 Å². The standard InChI is InChI=1S/C35H48N4O5/c1-4-5-19-39-33(42)30(31(40)26-9-7-6-8-10-26)37-34(43)35(39)17-20-38(21-18-35)23-25-11-14-28(15-12-25)44-29-16-13-27(22-24(29)2)32(41)36-3/h11-16,22,26,30-31,40H,4-10,17-21,23H2,1-3H3,(H,36,41)(H,37,43)/t30-,31-/m1/s1. The fourth-order valence-corrected chi connectivity index (χ4v) is 7.13. The molecule has 3 fully saturated rings. The number of nitrogens with zero attached hydrogens (tertiary/aromatic N) is 2. The van der Waals surface area contributed by atoms with Crippen molar-refractivity contribution in [3.8, 4) is 11.5 Å². The largest absolute Gasteiger partial charge is 0.457 e. The summed E-state index contributed by atoms with van der Waals surface area (Å²) in [5.41, 5.74) is 1.76. The van der Waals surface area contributed by atoms with Gasteiger partial charge in [-0.15, -0.1) is 0 Å². The molecule has 0 aromatic heterocycles. The van der Waals surface area contributed by atoms with Gasteiger partial charge in [0.2, 0.25) is 11.8 Å². The predicted octanol–water partition coefficient (Wildman–Crippen LogP) is 4.55. The third-order valence-electron chi connectivity index (χ3n) is 9.87. The maximum absolute atomic E-state index is 13.9. The van der Waals surface area contributed by atoms with E-state index in [1.165, 1.54) is 6.42 Å². The molecule has 2 aromatic carbocycles. The van der Waals surface area contributed by atoms with Gasteiger partial charge in [0.05, 0.1) is 6.10 Å². The van der Waals surface area contributed by atoms with Gasteiger partial charge in [-0.25, -0.2) is 0 Å². The third-order valence-corrected chi connectivity index (χ3v) is 9.87. The molecule has 1 aliphatic carbocycles. The lowest BCUT2D eigenvalue weighted by atomic mass is 9.78. The summed E-state index contributed by atoms with van der Waals surface area (Å²) in [4.78, 5) is 43.7. The molecule has 9 heteroatoms. The number of piperidine rings is 1. The molecule has 2 aromatic rings. The summed E-state index contributed by atoms with van der Waals surface area (Å²) in [5, 5.41) is 16.8. The van der Waals surface area contributed by atoms with Crippen molar-refractivity contribution in [1.82, 2.24) is 20.4 Å². The minimum atomic E-state index is -0.853. The van der Waals surface area contributed by atoms with Gasteiger partial charge < -0.3 is 25.4 Å². The van der Waals surface area contributed by atoms with E-state index >= 15 is 0 Å². The summed E-state index contributed by atoms with van der Waals surface area (Å²) < 4.78 is 6.08. The zero-order valence-electron chi connectivity index (χ0n) is 26.4. The number of amides is 3. The Bertz CT molecular complexity index is 1310. The number of hydrogen-bond acceptors (Lipinski definition) is 6. The summed E-state index contributed by atoms with van der Waals surface area (Å²) in [5.74, 6) is 1.14. The van der Waals surface area contributed by atoms with Gasteiger partial charge >= 0.3 is 0 Å². The molecule has 5 rings (SSSR count). The second-order valence-electron chi connectivity index (χ2n) is 12.8. The van der Waals surface area contributed by atoms with E-state index < -0.39 is 17.7 Å². The number of unbranched alkanes of at least 4 members (excludes halogenated alkanes) is 1. The molecule has 44 heavy (non-hydrogen) atoms. The summed E-state index contributed by atoms with van der Waals surface area (Å²) in [6, 6.07) is 12.5. The van der Waals surface area contributed by atoms with Crippen LogP contribution in [-0.4, -0.2) is 77.0 Å². The zero-order valence-corrected chi connectivity index (χ0v) is 26.4. The smallest absolute Gasteiger partial charge is 0.251 e.